The summed E-state index contributed by atoms with van der Waals surface area (Å²) < 4.78 is 0. The monoisotopic (exact) mass is 244 g/mol. The van der Waals surface area contributed by atoms with E-state index in [1.807, 2.05) is 6.92 Å². The Balaban J connectivity index is 2.35. The fourth-order valence-corrected chi connectivity index (χ4v) is 2.17. The number of urea groups is 1. The van der Waals surface area contributed by atoms with Crippen molar-refractivity contribution in [1.29, 1.82) is 0 Å². The van der Waals surface area contributed by atoms with Gasteiger partial charge >= 0.3 is 12.0 Å². The van der Waals surface area contributed by atoms with Gasteiger partial charge in [-0.15, -0.1) is 0 Å². The maximum atomic E-state index is 11.5. The van der Waals surface area contributed by atoms with Crippen LogP contribution in [0.25, 0.3) is 0 Å². The van der Waals surface area contributed by atoms with Crippen LogP contribution in [0.1, 0.15) is 32.6 Å². The first-order valence-corrected chi connectivity index (χ1v) is 5.95. The number of aliphatic hydroxyl groups excluding tert-OH is 1. The van der Waals surface area contributed by atoms with Crippen LogP contribution in [0, 0.1) is 5.92 Å². The van der Waals surface area contributed by atoms with Crippen LogP contribution < -0.4 is 10.6 Å². The predicted molar refractivity (Wildman–Crippen MR) is 61.6 cm³/mol. The molecule has 0 heterocycles. The van der Waals surface area contributed by atoms with E-state index in [2.05, 4.69) is 10.6 Å². The normalized spacial score (nSPS) is 19.6. The summed E-state index contributed by atoms with van der Waals surface area (Å²) in [5, 5.41) is 22.4. The zero-order valence-electron chi connectivity index (χ0n) is 9.98. The summed E-state index contributed by atoms with van der Waals surface area (Å²) in [6.45, 7) is 1.31. The number of hydrogen-bond donors (Lipinski definition) is 4. The fraction of sp³-hybridized carbons (Fsp3) is 0.818. The van der Waals surface area contributed by atoms with Crippen molar-refractivity contribution >= 4 is 12.0 Å². The predicted octanol–water partition coefficient (Wildman–Crippen LogP) is 0.310. The molecule has 1 aliphatic carbocycles. The number of aliphatic hydroxyl groups is 1. The van der Waals surface area contributed by atoms with Crippen LogP contribution in [0.15, 0.2) is 0 Å². The highest BCUT2D eigenvalue weighted by Crippen LogP contribution is 2.27. The summed E-state index contributed by atoms with van der Waals surface area (Å²) in [7, 11) is 0. The zero-order chi connectivity index (χ0) is 12.8. The van der Waals surface area contributed by atoms with Crippen LogP contribution in [-0.2, 0) is 4.79 Å². The minimum atomic E-state index is -1.24. The topological polar surface area (TPSA) is 98.7 Å². The summed E-state index contributed by atoms with van der Waals surface area (Å²) in [4.78, 5) is 22.1. The Bertz CT molecular complexity index is 277. The molecule has 98 valence electrons. The van der Waals surface area contributed by atoms with E-state index in [9.17, 15) is 9.59 Å². The molecule has 1 aliphatic rings. The van der Waals surface area contributed by atoms with Gasteiger partial charge in [-0.05, 0) is 25.7 Å². The Labute approximate surface area is 100 Å². The first kappa shape index (κ1) is 13.8. The summed E-state index contributed by atoms with van der Waals surface area (Å²) in [5.74, 6) is -0.769. The van der Waals surface area contributed by atoms with Gasteiger partial charge < -0.3 is 20.8 Å². The summed E-state index contributed by atoms with van der Waals surface area (Å²) in [5.41, 5.74) is 0. The molecule has 0 radical (unpaired) electrons. The molecule has 1 rings (SSSR count). The lowest BCUT2D eigenvalue weighted by atomic mass is 10.0. The molecular weight excluding hydrogens is 224 g/mol. The van der Waals surface area contributed by atoms with Gasteiger partial charge in [-0.2, -0.15) is 0 Å². The molecule has 4 N–H and O–H groups in total. The number of hydrogen-bond acceptors (Lipinski definition) is 3. The Morgan fingerprint density at radius 3 is 2.35 bits per heavy atom. The molecule has 0 saturated heterocycles. The van der Waals surface area contributed by atoms with E-state index in [0.717, 1.165) is 12.8 Å². The lowest BCUT2D eigenvalue weighted by molar-refractivity contribution is -0.140. The minimum absolute atomic E-state index is 0.0330. The first-order chi connectivity index (χ1) is 8.04. The van der Waals surface area contributed by atoms with E-state index in [0.29, 0.717) is 5.92 Å². The number of carboxylic acid groups (broad SMARTS) is 1. The van der Waals surface area contributed by atoms with E-state index in [4.69, 9.17) is 10.2 Å². The van der Waals surface area contributed by atoms with Crippen molar-refractivity contribution in [2.75, 3.05) is 6.61 Å². The number of carbonyl (C=O) groups is 2. The fourth-order valence-electron chi connectivity index (χ4n) is 2.17. The molecular formula is C11H20N2O4. The lowest BCUT2D eigenvalue weighted by Gasteiger charge is -2.21. The molecule has 2 amide bonds. The van der Waals surface area contributed by atoms with Crippen molar-refractivity contribution in [2.45, 2.75) is 44.7 Å². The van der Waals surface area contributed by atoms with E-state index in [-0.39, 0.29) is 6.04 Å². The molecule has 0 aromatic carbocycles. The lowest BCUT2D eigenvalue weighted by Crippen LogP contribution is -2.51. The second kappa shape index (κ2) is 6.44. The Morgan fingerprint density at radius 2 is 1.88 bits per heavy atom. The van der Waals surface area contributed by atoms with Crippen LogP contribution in [0.4, 0.5) is 4.79 Å². The molecule has 0 spiro atoms. The van der Waals surface area contributed by atoms with Gasteiger partial charge in [0.05, 0.1) is 6.61 Å². The van der Waals surface area contributed by atoms with Gasteiger partial charge in [0, 0.05) is 6.04 Å². The summed E-state index contributed by atoms with van der Waals surface area (Å²) in [6, 6.07) is -1.75. The largest absolute Gasteiger partial charge is 0.480 e. The van der Waals surface area contributed by atoms with Crippen molar-refractivity contribution in [2.24, 2.45) is 5.92 Å². The minimum Gasteiger partial charge on any atom is -0.480 e. The molecule has 1 fully saturated rings. The quantitative estimate of drug-likeness (QED) is 0.559. The highest BCUT2D eigenvalue weighted by atomic mass is 16.4. The highest BCUT2D eigenvalue weighted by Gasteiger charge is 2.24. The first-order valence-electron chi connectivity index (χ1n) is 5.95. The molecule has 6 heteroatoms. The number of aliphatic carboxylic acids is 1. The van der Waals surface area contributed by atoms with Gasteiger partial charge in [0.1, 0.15) is 0 Å². The van der Waals surface area contributed by atoms with E-state index in [1.54, 1.807) is 0 Å². The van der Waals surface area contributed by atoms with E-state index < -0.39 is 24.6 Å². The van der Waals surface area contributed by atoms with Gasteiger partial charge in [-0.3, -0.25) is 0 Å². The third-order valence-electron chi connectivity index (χ3n) is 3.25. The maximum absolute atomic E-state index is 11.5. The third-order valence-corrected chi connectivity index (χ3v) is 3.25. The molecule has 6 nitrogen and oxygen atoms in total. The van der Waals surface area contributed by atoms with Crippen molar-refractivity contribution < 1.29 is 19.8 Å². The SMILES string of the molecule is CC(NC(=O)N[C@H](CO)C(=O)O)C1CCCC1. The van der Waals surface area contributed by atoms with Crippen molar-refractivity contribution in [1.82, 2.24) is 10.6 Å². The van der Waals surface area contributed by atoms with Crippen LogP contribution >= 0.6 is 0 Å². The highest BCUT2D eigenvalue weighted by molar-refractivity contribution is 5.82. The average Bonchev–Trinajstić information content (AvgIpc) is 2.78. The number of amides is 2. The Kier molecular flexibility index (Phi) is 5.21. The Hall–Kier alpha value is -1.30. The molecule has 17 heavy (non-hydrogen) atoms. The molecule has 0 aromatic heterocycles. The second-order valence-corrected chi connectivity index (χ2v) is 4.52. The molecule has 1 saturated carbocycles. The zero-order valence-corrected chi connectivity index (χ0v) is 9.98. The molecule has 2 atom stereocenters. The molecule has 1 unspecified atom stereocenters. The summed E-state index contributed by atoms with van der Waals surface area (Å²) in [6.07, 6.45) is 4.58. The van der Waals surface area contributed by atoms with Crippen molar-refractivity contribution in [3.63, 3.8) is 0 Å². The number of rotatable bonds is 5. The van der Waals surface area contributed by atoms with Gasteiger partial charge in [0.2, 0.25) is 0 Å². The molecule has 0 bridgehead atoms. The smallest absolute Gasteiger partial charge is 0.328 e. The van der Waals surface area contributed by atoms with Crippen LogP contribution in [0.5, 0.6) is 0 Å². The number of carboxylic acids is 1. The van der Waals surface area contributed by atoms with Crippen LogP contribution in [0.2, 0.25) is 0 Å². The van der Waals surface area contributed by atoms with Crippen molar-refractivity contribution in [3.8, 4) is 0 Å². The van der Waals surface area contributed by atoms with Crippen molar-refractivity contribution in [3.05, 3.63) is 0 Å². The van der Waals surface area contributed by atoms with E-state index in [1.165, 1.54) is 12.8 Å². The van der Waals surface area contributed by atoms with Gasteiger partial charge in [0.15, 0.2) is 6.04 Å². The summed E-state index contributed by atoms with van der Waals surface area (Å²) >= 11 is 0. The molecule has 0 aromatic rings. The van der Waals surface area contributed by atoms with Gasteiger partial charge in [-0.1, -0.05) is 12.8 Å². The van der Waals surface area contributed by atoms with Crippen LogP contribution in [0.3, 0.4) is 0 Å². The number of nitrogens with one attached hydrogen (secondary N) is 2. The van der Waals surface area contributed by atoms with Gasteiger partial charge in [0.25, 0.3) is 0 Å². The van der Waals surface area contributed by atoms with E-state index >= 15 is 0 Å². The maximum Gasteiger partial charge on any atom is 0.328 e. The average molecular weight is 244 g/mol. The molecule has 0 aliphatic heterocycles. The number of carbonyl (C=O) groups excluding carboxylic acids is 1. The van der Waals surface area contributed by atoms with Crippen LogP contribution in [-0.4, -0.2) is 40.9 Å². The third kappa shape index (κ3) is 4.22. The second-order valence-electron chi connectivity index (χ2n) is 4.52. The Morgan fingerprint density at radius 1 is 1.29 bits per heavy atom. The standard InChI is InChI=1S/C11H20N2O4/c1-7(8-4-2-3-5-8)12-11(17)13-9(6-14)10(15)16/h7-9,14H,2-6H2,1H3,(H,15,16)(H2,12,13,17)/t7?,9-/m1/s1. The van der Waals surface area contributed by atoms with Gasteiger partial charge in [-0.25, -0.2) is 9.59 Å².